The fourth-order valence-electron chi connectivity index (χ4n) is 4.33. The number of carbonyl (C=O) groups excluding carboxylic acids is 3. The number of nitrogens with zero attached hydrogens (tertiary/aromatic N) is 5. The number of ether oxygens (including phenoxy) is 1. The van der Waals surface area contributed by atoms with Crippen LogP contribution < -0.4 is 9.64 Å². The number of hydrogen-bond donors (Lipinski definition) is 0. The molecule has 184 valence electrons. The number of rotatable bonds is 8. The normalized spacial score (nSPS) is 12.9. The largest absolute Gasteiger partial charge is 0.492 e. The number of anilines is 1. The van der Waals surface area contributed by atoms with Crippen LogP contribution in [-0.4, -0.2) is 57.1 Å². The lowest BCUT2D eigenvalue weighted by Crippen LogP contribution is -2.44. The van der Waals surface area contributed by atoms with Gasteiger partial charge in [-0.15, -0.1) is 0 Å². The SMILES string of the molecule is CCOc1cccc2sc(N(CCn3nc(C)cc3C)C(=O)CN3C(=O)c4ccccc4C3=O)nc12. The first-order chi connectivity index (χ1) is 17.4. The predicted octanol–water partition coefficient (Wildman–Crippen LogP) is 3.84. The van der Waals surface area contributed by atoms with Gasteiger partial charge in [-0.3, -0.25) is 28.9 Å². The van der Waals surface area contributed by atoms with Crippen molar-refractivity contribution in [3.63, 3.8) is 0 Å². The molecule has 1 aliphatic rings. The number of benzene rings is 2. The number of para-hydroxylation sites is 1. The molecular formula is C26H25N5O4S. The van der Waals surface area contributed by atoms with Gasteiger partial charge < -0.3 is 4.74 Å². The van der Waals surface area contributed by atoms with Crippen molar-refractivity contribution in [2.24, 2.45) is 0 Å². The highest BCUT2D eigenvalue weighted by Gasteiger charge is 2.37. The molecule has 0 atom stereocenters. The Morgan fingerprint density at radius 1 is 1.06 bits per heavy atom. The Kier molecular flexibility index (Phi) is 6.27. The Bertz CT molecular complexity index is 1460. The van der Waals surface area contributed by atoms with Crippen LogP contribution in [0.25, 0.3) is 10.2 Å². The van der Waals surface area contributed by atoms with Crippen LogP contribution in [0.4, 0.5) is 5.13 Å². The third-order valence-electron chi connectivity index (χ3n) is 6.01. The lowest BCUT2D eigenvalue weighted by molar-refractivity contribution is -0.119. The summed E-state index contributed by atoms with van der Waals surface area (Å²) in [7, 11) is 0. The summed E-state index contributed by atoms with van der Waals surface area (Å²) >= 11 is 1.36. The highest BCUT2D eigenvalue weighted by molar-refractivity contribution is 7.22. The van der Waals surface area contributed by atoms with Crippen LogP contribution >= 0.6 is 11.3 Å². The van der Waals surface area contributed by atoms with E-state index in [-0.39, 0.29) is 13.1 Å². The molecule has 2 aromatic carbocycles. The molecule has 0 fully saturated rings. The molecule has 5 rings (SSSR count). The molecule has 0 spiro atoms. The van der Waals surface area contributed by atoms with E-state index in [2.05, 4.69) is 5.10 Å². The van der Waals surface area contributed by atoms with Gasteiger partial charge in [0.1, 0.15) is 17.8 Å². The zero-order valence-electron chi connectivity index (χ0n) is 20.2. The quantitative estimate of drug-likeness (QED) is 0.339. The van der Waals surface area contributed by atoms with Crippen molar-refractivity contribution < 1.29 is 19.1 Å². The van der Waals surface area contributed by atoms with Crippen molar-refractivity contribution >= 4 is 44.4 Å². The van der Waals surface area contributed by atoms with E-state index in [1.54, 1.807) is 24.3 Å². The molecule has 0 saturated heterocycles. The van der Waals surface area contributed by atoms with Crippen LogP contribution in [0.1, 0.15) is 39.0 Å². The van der Waals surface area contributed by atoms with Crippen molar-refractivity contribution in [1.29, 1.82) is 0 Å². The van der Waals surface area contributed by atoms with E-state index in [1.807, 2.05) is 49.7 Å². The van der Waals surface area contributed by atoms with Crippen molar-refractivity contribution in [1.82, 2.24) is 19.7 Å². The average Bonchev–Trinajstić information content (AvgIpc) is 3.50. The molecule has 0 radical (unpaired) electrons. The van der Waals surface area contributed by atoms with Crippen LogP contribution in [-0.2, 0) is 11.3 Å². The third kappa shape index (κ3) is 4.24. The Morgan fingerprint density at radius 2 is 1.78 bits per heavy atom. The number of aromatic nitrogens is 3. The van der Waals surface area contributed by atoms with Gasteiger partial charge in [0.05, 0.1) is 34.7 Å². The molecule has 4 aromatic rings. The molecule has 0 N–H and O–H groups in total. The number of thiazole rings is 1. The molecule has 1 aliphatic heterocycles. The fraction of sp³-hybridized carbons (Fsp3) is 0.269. The first kappa shape index (κ1) is 23.7. The van der Waals surface area contributed by atoms with Crippen molar-refractivity contribution in [3.05, 3.63) is 71.0 Å². The molecule has 3 heterocycles. The van der Waals surface area contributed by atoms with Crippen molar-refractivity contribution in [2.75, 3.05) is 24.6 Å². The van der Waals surface area contributed by atoms with Gasteiger partial charge in [0, 0.05) is 12.2 Å². The average molecular weight is 504 g/mol. The Hall–Kier alpha value is -4.05. The van der Waals surface area contributed by atoms with E-state index < -0.39 is 17.7 Å². The van der Waals surface area contributed by atoms with Gasteiger partial charge >= 0.3 is 0 Å². The van der Waals surface area contributed by atoms with Gasteiger partial charge in [0.2, 0.25) is 5.91 Å². The highest BCUT2D eigenvalue weighted by Crippen LogP contribution is 2.34. The fourth-order valence-corrected chi connectivity index (χ4v) is 5.35. The summed E-state index contributed by atoms with van der Waals surface area (Å²) in [6.45, 7) is 6.59. The summed E-state index contributed by atoms with van der Waals surface area (Å²) in [6.07, 6.45) is 0. The van der Waals surface area contributed by atoms with Crippen LogP contribution in [0.3, 0.4) is 0 Å². The minimum Gasteiger partial charge on any atom is -0.492 e. The first-order valence-corrected chi connectivity index (χ1v) is 12.5. The Labute approximate surface area is 211 Å². The number of carbonyl (C=O) groups is 3. The van der Waals surface area contributed by atoms with E-state index >= 15 is 0 Å². The van der Waals surface area contributed by atoms with Crippen LogP contribution in [0, 0.1) is 13.8 Å². The molecule has 0 bridgehead atoms. The minimum absolute atomic E-state index is 0.272. The van der Waals surface area contributed by atoms with Crippen LogP contribution in [0.5, 0.6) is 5.75 Å². The topological polar surface area (TPSA) is 97.6 Å². The van der Waals surface area contributed by atoms with E-state index in [4.69, 9.17) is 9.72 Å². The Morgan fingerprint density at radius 3 is 2.42 bits per heavy atom. The van der Waals surface area contributed by atoms with Gasteiger partial charge in [-0.25, -0.2) is 4.98 Å². The van der Waals surface area contributed by atoms with Gasteiger partial charge in [0.15, 0.2) is 5.13 Å². The van der Waals surface area contributed by atoms with Gasteiger partial charge in [-0.05, 0) is 51.1 Å². The summed E-state index contributed by atoms with van der Waals surface area (Å²) in [5, 5.41) is 4.97. The van der Waals surface area contributed by atoms with Crippen LogP contribution in [0.2, 0.25) is 0 Å². The van der Waals surface area contributed by atoms with Crippen LogP contribution in [0.15, 0.2) is 48.5 Å². The van der Waals surface area contributed by atoms with E-state index in [9.17, 15) is 14.4 Å². The molecule has 10 heteroatoms. The molecule has 0 aliphatic carbocycles. The predicted molar refractivity (Wildman–Crippen MR) is 137 cm³/mol. The zero-order chi connectivity index (χ0) is 25.4. The lowest BCUT2D eigenvalue weighted by Gasteiger charge is -2.23. The van der Waals surface area contributed by atoms with Gasteiger partial charge in [-0.2, -0.15) is 5.10 Å². The number of hydrogen-bond acceptors (Lipinski definition) is 7. The summed E-state index contributed by atoms with van der Waals surface area (Å²) in [6, 6.07) is 14.2. The molecule has 9 nitrogen and oxygen atoms in total. The summed E-state index contributed by atoms with van der Waals surface area (Å²) in [5.74, 6) is -0.692. The number of amides is 3. The molecule has 2 aromatic heterocycles. The van der Waals surface area contributed by atoms with Gasteiger partial charge in [0.25, 0.3) is 11.8 Å². The van der Waals surface area contributed by atoms with E-state index in [0.717, 1.165) is 21.0 Å². The standard InChI is InChI=1S/C26H25N5O4S/c1-4-35-20-10-7-11-21-23(20)27-26(36-21)29(12-13-31-17(3)14-16(2)28-31)22(32)15-30-24(33)18-8-5-6-9-19(18)25(30)34/h5-11,14H,4,12-13,15H2,1-3H3. The maximum Gasteiger partial charge on any atom is 0.262 e. The first-order valence-electron chi connectivity index (χ1n) is 11.7. The lowest BCUT2D eigenvalue weighted by atomic mass is 10.1. The monoisotopic (exact) mass is 503 g/mol. The van der Waals surface area contributed by atoms with E-state index in [1.165, 1.54) is 16.2 Å². The van der Waals surface area contributed by atoms with E-state index in [0.29, 0.717) is 40.7 Å². The number of aryl methyl sites for hydroxylation is 2. The molecule has 36 heavy (non-hydrogen) atoms. The number of fused-ring (bicyclic) bond motifs is 2. The smallest absolute Gasteiger partial charge is 0.262 e. The third-order valence-corrected chi connectivity index (χ3v) is 7.06. The molecule has 0 saturated carbocycles. The summed E-state index contributed by atoms with van der Waals surface area (Å²) in [5.41, 5.74) is 3.15. The second kappa shape index (κ2) is 9.54. The van der Waals surface area contributed by atoms with Gasteiger partial charge in [-0.1, -0.05) is 29.5 Å². The maximum atomic E-state index is 13.6. The molecule has 3 amide bonds. The highest BCUT2D eigenvalue weighted by atomic mass is 32.1. The summed E-state index contributed by atoms with van der Waals surface area (Å²) < 4.78 is 8.43. The molecule has 0 unspecified atom stereocenters. The maximum absolute atomic E-state index is 13.6. The summed E-state index contributed by atoms with van der Waals surface area (Å²) in [4.78, 5) is 46.6. The minimum atomic E-state index is -0.467. The second-order valence-corrected chi connectivity index (χ2v) is 9.48. The second-order valence-electron chi connectivity index (χ2n) is 8.47. The Balaban J connectivity index is 1.46. The van der Waals surface area contributed by atoms with Crippen molar-refractivity contribution in [2.45, 2.75) is 27.3 Å². The number of imide groups is 1. The molecular weight excluding hydrogens is 478 g/mol. The zero-order valence-corrected chi connectivity index (χ0v) is 21.0. The van der Waals surface area contributed by atoms with Crippen molar-refractivity contribution in [3.8, 4) is 5.75 Å².